The van der Waals surface area contributed by atoms with Crippen LogP contribution in [0.25, 0.3) is 5.70 Å². The minimum Gasteiger partial charge on any atom is -0.508 e. The Labute approximate surface area is 169 Å². The molecular formula is C16H16FINO2Y-. The largest absolute Gasteiger partial charge is 0.508 e. The van der Waals surface area contributed by atoms with Crippen LogP contribution in [-0.4, -0.2) is 27.9 Å². The summed E-state index contributed by atoms with van der Waals surface area (Å²) in [6.07, 6.45) is 5.21. The first-order chi connectivity index (χ1) is 10.1. The van der Waals surface area contributed by atoms with Gasteiger partial charge in [-0.1, -0.05) is 53.3 Å². The molecule has 0 aromatic heterocycles. The van der Waals surface area contributed by atoms with Gasteiger partial charge >= 0.3 is 0 Å². The third kappa shape index (κ3) is 4.17. The minimum absolute atomic E-state index is 0. The first-order valence-corrected chi connectivity index (χ1v) is 7.93. The quantitative estimate of drug-likeness (QED) is 0.274. The molecule has 2 rings (SSSR count). The fraction of sp³-hybridized carbons (Fsp3) is 0.312. The van der Waals surface area contributed by atoms with Crippen molar-refractivity contribution in [3.05, 3.63) is 48.3 Å². The molecule has 1 radical (unpaired) electrons. The summed E-state index contributed by atoms with van der Waals surface area (Å²) in [7, 11) is 0. The van der Waals surface area contributed by atoms with Crippen molar-refractivity contribution < 1.29 is 46.6 Å². The second-order valence-corrected chi connectivity index (χ2v) is 6.00. The monoisotopic (exact) mass is 489 g/mol. The number of alkyl halides is 1. The van der Waals surface area contributed by atoms with Crippen molar-refractivity contribution in [2.24, 2.45) is 0 Å². The van der Waals surface area contributed by atoms with Gasteiger partial charge < -0.3 is 9.64 Å². The van der Waals surface area contributed by atoms with E-state index >= 15 is 0 Å². The van der Waals surface area contributed by atoms with Gasteiger partial charge in [0.1, 0.15) is 6.61 Å². The van der Waals surface area contributed by atoms with Crippen LogP contribution in [0.1, 0.15) is 18.9 Å². The van der Waals surface area contributed by atoms with Crippen LogP contribution in [0.2, 0.25) is 0 Å². The predicted octanol–water partition coefficient (Wildman–Crippen LogP) is 3.59. The molecular weight excluding hydrogens is 473 g/mol. The number of allylic oxidation sites excluding steroid dienone is 1. The number of ether oxygens (including phenoxy) is 1. The maximum atomic E-state index is 14.3. The van der Waals surface area contributed by atoms with E-state index < -0.39 is 5.82 Å². The molecule has 1 amide bonds. The summed E-state index contributed by atoms with van der Waals surface area (Å²) in [5.74, 6) is -0.0439. The van der Waals surface area contributed by atoms with Gasteiger partial charge in [-0.3, -0.25) is 4.79 Å². The Kier molecular flexibility index (Phi) is 8.21. The molecule has 1 aromatic rings. The first-order valence-electron chi connectivity index (χ1n) is 6.69. The number of halogens is 2. The molecule has 1 heterocycles. The van der Waals surface area contributed by atoms with Crippen LogP contribution in [0.15, 0.2) is 30.9 Å². The second-order valence-electron chi connectivity index (χ2n) is 4.49. The zero-order valence-electron chi connectivity index (χ0n) is 12.3. The molecule has 0 N–H and O–H groups in total. The standard InChI is InChI=1S/C16H16FINO2.Y/c1-3-10-21-14-7-5-6-11(17)15(14)13-9-8-12(18)16(20)19(13)4-2;/h3,5-7,12H,1,4,8,10H2,2H3;/q-1;. The van der Waals surface area contributed by atoms with E-state index in [0.717, 1.165) is 0 Å². The van der Waals surface area contributed by atoms with Crippen molar-refractivity contribution in [3.63, 3.8) is 0 Å². The summed E-state index contributed by atoms with van der Waals surface area (Å²) in [5, 5.41) is 0. The predicted molar refractivity (Wildman–Crippen MR) is 88.6 cm³/mol. The SMILES string of the molecule is C=CCOc1cccc(F)c1C1=[C-]CC(I)C(=O)N1CC.[Y]. The molecule has 1 aromatic carbocycles. The number of carbonyl (C=O) groups excluding carboxylic acids is 1. The average molecular weight is 489 g/mol. The molecule has 0 saturated carbocycles. The van der Waals surface area contributed by atoms with Gasteiger partial charge in [-0.05, 0) is 19.1 Å². The van der Waals surface area contributed by atoms with Crippen LogP contribution >= 0.6 is 22.6 Å². The van der Waals surface area contributed by atoms with Gasteiger partial charge in [0.05, 0.1) is 15.5 Å². The number of rotatable bonds is 5. The topological polar surface area (TPSA) is 29.5 Å². The fourth-order valence-corrected chi connectivity index (χ4v) is 2.75. The molecule has 0 aliphatic carbocycles. The molecule has 3 nitrogen and oxygen atoms in total. The summed E-state index contributed by atoms with van der Waals surface area (Å²) in [6.45, 7) is 6.19. The molecule has 1 aliphatic heterocycles. The van der Waals surface area contributed by atoms with E-state index in [0.29, 0.717) is 24.4 Å². The maximum Gasteiger partial charge on any atom is 0.236 e. The third-order valence-electron chi connectivity index (χ3n) is 3.14. The Balaban J connectivity index is 0.00000242. The van der Waals surface area contributed by atoms with Crippen LogP contribution < -0.4 is 4.74 Å². The first kappa shape index (κ1) is 19.8. The van der Waals surface area contributed by atoms with Gasteiger partial charge in [0, 0.05) is 39.3 Å². The van der Waals surface area contributed by atoms with Crippen molar-refractivity contribution >= 4 is 34.2 Å². The van der Waals surface area contributed by atoms with Crippen molar-refractivity contribution in [3.8, 4) is 5.75 Å². The zero-order valence-corrected chi connectivity index (χ0v) is 17.3. The molecule has 0 bridgehead atoms. The second kappa shape index (κ2) is 9.13. The van der Waals surface area contributed by atoms with Gasteiger partial charge in [-0.2, -0.15) is 0 Å². The molecule has 0 spiro atoms. The number of hydrogen-bond donors (Lipinski definition) is 0. The van der Waals surface area contributed by atoms with Gasteiger partial charge in [0.15, 0.2) is 0 Å². The molecule has 6 heteroatoms. The molecule has 115 valence electrons. The van der Waals surface area contributed by atoms with E-state index in [1.165, 1.54) is 6.07 Å². The Morgan fingerprint density at radius 3 is 2.95 bits per heavy atom. The third-order valence-corrected chi connectivity index (χ3v) is 4.11. The summed E-state index contributed by atoms with van der Waals surface area (Å²) >= 11 is 2.09. The van der Waals surface area contributed by atoms with E-state index in [4.69, 9.17) is 4.74 Å². The molecule has 22 heavy (non-hydrogen) atoms. The van der Waals surface area contributed by atoms with Crippen LogP contribution in [0, 0.1) is 11.9 Å². The van der Waals surface area contributed by atoms with Crippen molar-refractivity contribution in [2.45, 2.75) is 17.3 Å². The number of benzene rings is 1. The molecule has 1 atom stereocenters. The summed E-state index contributed by atoms with van der Waals surface area (Å²) in [5.41, 5.74) is 0.755. The van der Waals surface area contributed by atoms with Crippen molar-refractivity contribution in [1.82, 2.24) is 4.90 Å². The molecule has 1 aliphatic rings. The number of nitrogens with zero attached hydrogens (tertiary/aromatic N) is 1. The molecule has 1 unspecified atom stereocenters. The average Bonchev–Trinajstić information content (AvgIpc) is 2.48. The smallest absolute Gasteiger partial charge is 0.236 e. The van der Waals surface area contributed by atoms with Gasteiger partial charge in [0.25, 0.3) is 0 Å². The number of hydrogen-bond acceptors (Lipinski definition) is 2. The molecule has 0 fully saturated rings. The number of amides is 1. The fourth-order valence-electron chi connectivity index (χ4n) is 2.19. The van der Waals surface area contributed by atoms with Gasteiger partial charge in [-0.15, -0.1) is 5.70 Å². The van der Waals surface area contributed by atoms with E-state index in [1.54, 1.807) is 23.1 Å². The Hall–Kier alpha value is -0.266. The minimum atomic E-state index is -0.419. The Bertz CT molecular complexity index is 592. The summed E-state index contributed by atoms with van der Waals surface area (Å²) in [6, 6.07) is 4.63. The van der Waals surface area contributed by atoms with Crippen molar-refractivity contribution in [2.75, 3.05) is 13.2 Å². The summed E-state index contributed by atoms with van der Waals surface area (Å²) in [4.78, 5) is 13.8. The molecule has 0 saturated heterocycles. The van der Waals surface area contributed by atoms with Crippen LogP contribution in [0.5, 0.6) is 5.75 Å². The van der Waals surface area contributed by atoms with Crippen LogP contribution in [0.3, 0.4) is 0 Å². The Morgan fingerprint density at radius 2 is 2.32 bits per heavy atom. The van der Waals surface area contributed by atoms with Gasteiger partial charge in [-0.25, -0.2) is 10.5 Å². The van der Waals surface area contributed by atoms with Crippen LogP contribution in [-0.2, 0) is 37.5 Å². The normalized spacial score (nSPS) is 17.6. The maximum absolute atomic E-state index is 14.3. The summed E-state index contributed by atoms with van der Waals surface area (Å²) < 4.78 is 19.6. The van der Waals surface area contributed by atoms with E-state index in [1.807, 2.05) is 6.92 Å². The van der Waals surface area contributed by atoms with Crippen LogP contribution in [0.4, 0.5) is 4.39 Å². The van der Waals surface area contributed by atoms with Crippen molar-refractivity contribution in [1.29, 1.82) is 0 Å². The number of carbonyl (C=O) groups is 1. The van der Waals surface area contributed by atoms with E-state index in [9.17, 15) is 9.18 Å². The van der Waals surface area contributed by atoms with E-state index in [-0.39, 0.29) is 54.7 Å². The zero-order chi connectivity index (χ0) is 15.4. The van der Waals surface area contributed by atoms with Gasteiger partial charge in [0.2, 0.25) is 5.91 Å². The van der Waals surface area contributed by atoms with E-state index in [2.05, 4.69) is 35.2 Å². The Morgan fingerprint density at radius 1 is 1.59 bits per heavy atom.